The highest BCUT2D eigenvalue weighted by molar-refractivity contribution is 9.09. The van der Waals surface area contributed by atoms with Crippen LogP contribution in [0.1, 0.15) is 24.5 Å². The van der Waals surface area contributed by atoms with E-state index in [1.165, 1.54) is 0 Å². The van der Waals surface area contributed by atoms with Crippen molar-refractivity contribution >= 4 is 15.9 Å². The van der Waals surface area contributed by atoms with Crippen LogP contribution in [0, 0.1) is 0 Å². The van der Waals surface area contributed by atoms with E-state index in [1.54, 1.807) is 12.1 Å². The van der Waals surface area contributed by atoms with Crippen molar-refractivity contribution in [2.24, 2.45) is 0 Å². The molecule has 0 heterocycles. The molecule has 18 heavy (non-hydrogen) atoms. The number of halogens is 4. The molecule has 0 saturated carbocycles. The monoisotopic (exact) mass is 323 g/mol. The van der Waals surface area contributed by atoms with E-state index in [9.17, 15) is 13.2 Å². The molecule has 0 radical (unpaired) electrons. The lowest BCUT2D eigenvalue weighted by molar-refractivity contribution is -0.137. The van der Waals surface area contributed by atoms with Crippen molar-refractivity contribution in [1.29, 1.82) is 0 Å². The first-order valence-electron chi connectivity index (χ1n) is 5.91. The second-order valence-electron chi connectivity index (χ2n) is 4.16. The van der Waals surface area contributed by atoms with Gasteiger partial charge in [-0.2, -0.15) is 13.2 Å². The van der Waals surface area contributed by atoms with Crippen LogP contribution in [-0.4, -0.2) is 23.3 Å². The molecule has 0 aromatic heterocycles. The molecule has 1 aromatic carbocycles. The van der Waals surface area contributed by atoms with Gasteiger partial charge in [-0.25, -0.2) is 0 Å². The van der Waals surface area contributed by atoms with Crippen molar-refractivity contribution in [1.82, 2.24) is 4.90 Å². The van der Waals surface area contributed by atoms with Crippen molar-refractivity contribution in [3.8, 4) is 0 Å². The lowest BCUT2D eigenvalue weighted by atomic mass is 10.1. The zero-order valence-electron chi connectivity index (χ0n) is 10.3. The van der Waals surface area contributed by atoms with E-state index < -0.39 is 11.7 Å². The van der Waals surface area contributed by atoms with Gasteiger partial charge in [0, 0.05) is 18.4 Å². The van der Waals surface area contributed by atoms with E-state index in [0.717, 1.165) is 42.5 Å². The average Bonchev–Trinajstić information content (AvgIpc) is 2.29. The first kappa shape index (κ1) is 15.5. The second kappa shape index (κ2) is 7.14. The molecule has 0 fully saturated rings. The molecule has 0 atom stereocenters. The summed E-state index contributed by atoms with van der Waals surface area (Å²) in [7, 11) is 0. The Bertz CT molecular complexity index is 342. The second-order valence-corrected chi connectivity index (χ2v) is 4.95. The number of benzene rings is 1. The predicted molar refractivity (Wildman–Crippen MR) is 70.8 cm³/mol. The smallest absolute Gasteiger partial charge is 0.298 e. The predicted octanol–water partition coefficient (Wildman–Crippen LogP) is 4.31. The molecule has 1 aromatic rings. The fourth-order valence-electron chi connectivity index (χ4n) is 1.76. The van der Waals surface area contributed by atoms with Crippen molar-refractivity contribution in [3.05, 3.63) is 35.4 Å². The fourth-order valence-corrected chi connectivity index (χ4v) is 2.26. The van der Waals surface area contributed by atoms with Gasteiger partial charge in [-0.3, -0.25) is 4.90 Å². The van der Waals surface area contributed by atoms with Crippen LogP contribution in [-0.2, 0) is 12.7 Å². The maximum absolute atomic E-state index is 12.4. The standard InChI is InChI=1S/C13H17BrF3N/c1-2-8-18(9-7-14)10-11-3-5-12(6-4-11)13(15,16)17/h3-6H,2,7-10H2,1H3. The average molecular weight is 324 g/mol. The maximum atomic E-state index is 12.4. The summed E-state index contributed by atoms with van der Waals surface area (Å²) in [6, 6.07) is 5.40. The molecule has 0 unspecified atom stereocenters. The zero-order valence-corrected chi connectivity index (χ0v) is 11.9. The molecular weight excluding hydrogens is 307 g/mol. The highest BCUT2D eigenvalue weighted by Crippen LogP contribution is 2.29. The summed E-state index contributed by atoms with van der Waals surface area (Å²) in [5.41, 5.74) is 0.325. The van der Waals surface area contributed by atoms with Gasteiger partial charge in [0.15, 0.2) is 0 Å². The van der Waals surface area contributed by atoms with Crippen molar-refractivity contribution in [2.75, 3.05) is 18.4 Å². The van der Waals surface area contributed by atoms with Gasteiger partial charge < -0.3 is 0 Å². The summed E-state index contributed by atoms with van der Waals surface area (Å²) < 4.78 is 37.2. The van der Waals surface area contributed by atoms with Crippen LogP contribution in [0.15, 0.2) is 24.3 Å². The van der Waals surface area contributed by atoms with Gasteiger partial charge in [0.2, 0.25) is 0 Å². The Morgan fingerprint density at radius 2 is 1.72 bits per heavy atom. The van der Waals surface area contributed by atoms with Crippen LogP contribution in [0.4, 0.5) is 13.2 Å². The van der Waals surface area contributed by atoms with E-state index in [2.05, 4.69) is 27.8 Å². The Morgan fingerprint density at radius 1 is 1.11 bits per heavy atom. The third-order valence-electron chi connectivity index (χ3n) is 2.63. The molecular formula is C13H17BrF3N. The minimum Gasteiger partial charge on any atom is -0.298 e. The third kappa shape index (κ3) is 4.98. The summed E-state index contributed by atoms with van der Waals surface area (Å²) >= 11 is 3.38. The Balaban J connectivity index is 2.67. The Hall–Kier alpha value is -0.550. The van der Waals surface area contributed by atoms with Crippen LogP contribution in [0.5, 0.6) is 0 Å². The molecule has 0 aliphatic rings. The van der Waals surface area contributed by atoms with Gasteiger partial charge in [-0.05, 0) is 30.7 Å². The summed E-state index contributed by atoms with van der Waals surface area (Å²) in [6.45, 7) is 4.63. The van der Waals surface area contributed by atoms with Gasteiger partial charge in [-0.1, -0.05) is 35.0 Å². The SMILES string of the molecule is CCCN(CCBr)Cc1ccc(C(F)(F)F)cc1. The van der Waals surface area contributed by atoms with Crippen molar-refractivity contribution in [2.45, 2.75) is 26.1 Å². The molecule has 1 nitrogen and oxygen atoms in total. The van der Waals surface area contributed by atoms with E-state index in [1.807, 2.05) is 0 Å². The summed E-state index contributed by atoms with van der Waals surface area (Å²) in [5.74, 6) is 0. The molecule has 0 aliphatic carbocycles. The van der Waals surface area contributed by atoms with E-state index in [0.29, 0.717) is 6.54 Å². The number of alkyl halides is 4. The number of hydrogen-bond acceptors (Lipinski definition) is 1. The largest absolute Gasteiger partial charge is 0.416 e. The Morgan fingerprint density at radius 3 is 2.17 bits per heavy atom. The molecule has 0 amide bonds. The lowest BCUT2D eigenvalue weighted by Crippen LogP contribution is -2.26. The summed E-state index contributed by atoms with van der Waals surface area (Å²) in [6.07, 6.45) is -3.22. The molecule has 0 aliphatic heterocycles. The van der Waals surface area contributed by atoms with Crippen LogP contribution in [0.25, 0.3) is 0 Å². The van der Waals surface area contributed by atoms with Gasteiger partial charge >= 0.3 is 6.18 Å². The first-order valence-corrected chi connectivity index (χ1v) is 7.04. The van der Waals surface area contributed by atoms with Gasteiger partial charge in [-0.15, -0.1) is 0 Å². The van der Waals surface area contributed by atoms with Crippen LogP contribution < -0.4 is 0 Å². The maximum Gasteiger partial charge on any atom is 0.416 e. The Kier molecular flexibility index (Phi) is 6.15. The molecule has 0 spiro atoms. The van der Waals surface area contributed by atoms with Crippen LogP contribution in [0.3, 0.4) is 0 Å². The van der Waals surface area contributed by atoms with Crippen LogP contribution in [0.2, 0.25) is 0 Å². The summed E-state index contributed by atoms with van der Waals surface area (Å²) in [5, 5.41) is 0.869. The summed E-state index contributed by atoms with van der Waals surface area (Å²) in [4.78, 5) is 2.22. The molecule has 1 rings (SSSR count). The van der Waals surface area contributed by atoms with Gasteiger partial charge in [0.1, 0.15) is 0 Å². The van der Waals surface area contributed by atoms with E-state index in [4.69, 9.17) is 0 Å². The minimum absolute atomic E-state index is 0.589. The molecule has 0 saturated heterocycles. The fraction of sp³-hybridized carbons (Fsp3) is 0.538. The molecule has 0 N–H and O–H groups in total. The van der Waals surface area contributed by atoms with Gasteiger partial charge in [0.05, 0.1) is 5.56 Å². The van der Waals surface area contributed by atoms with Crippen LogP contribution >= 0.6 is 15.9 Å². The number of rotatable bonds is 6. The minimum atomic E-state index is -4.25. The van der Waals surface area contributed by atoms with E-state index in [-0.39, 0.29) is 0 Å². The first-order chi connectivity index (χ1) is 8.47. The normalized spacial score (nSPS) is 12.1. The van der Waals surface area contributed by atoms with Gasteiger partial charge in [0.25, 0.3) is 0 Å². The highest BCUT2D eigenvalue weighted by Gasteiger charge is 2.29. The van der Waals surface area contributed by atoms with E-state index >= 15 is 0 Å². The Labute approximate surface area is 114 Å². The van der Waals surface area contributed by atoms with Crippen molar-refractivity contribution in [3.63, 3.8) is 0 Å². The zero-order chi connectivity index (χ0) is 13.6. The molecule has 5 heteroatoms. The topological polar surface area (TPSA) is 3.24 Å². The number of nitrogens with zero attached hydrogens (tertiary/aromatic N) is 1. The lowest BCUT2D eigenvalue weighted by Gasteiger charge is -2.20. The number of hydrogen-bond donors (Lipinski definition) is 0. The quantitative estimate of drug-likeness (QED) is 0.705. The molecule has 102 valence electrons. The third-order valence-corrected chi connectivity index (χ3v) is 2.98. The highest BCUT2D eigenvalue weighted by atomic mass is 79.9. The molecule has 0 bridgehead atoms. The van der Waals surface area contributed by atoms with Crippen molar-refractivity contribution < 1.29 is 13.2 Å².